The fourth-order valence-electron chi connectivity index (χ4n) is 2.53. The van der Waals surface area contributed by atoms with Crippen LogP contribution in [0.4, 0.5) is 11.4 Å². The van der Waals surface area contributed by atoms with E-state index in [4.69, 9.17) is 0 Å². The number of hydrogen-bond acceptors (Lipinski definition) is 3. The Bertz CT molecular complexity index is 1090. The molecule has 3 aromatic rings. The number of sulfonamides is 1. The first kappa shape index (κ1) is 19.4. The number of rotatable bonds is 6. The van der Waals surface area contributed by atoms with E-state index in [0.717, 1.165) is 11.1 Å². The Kier molecular flexibility index (Phi) is 5.91. The van der Waals surface area contributed by atoms with Crippen LogP contribution in [0, 0.1) is 6.92 Å². The fourth-order valence-corrected chi connectivity index (χ4v) is 3.66. The van der Waals surface area contributed by atoms with Gasteiger partial charge in [0.25, 0.3) is 10.0 Å². The SMILES string of the molecule is Cc1ccccc1NS(=O)(=O)c1ccc(NC(=O)/C=C\c2ccccc2)cc1. The summed E-state index contributed by atoms with van der Waals surface area (Å²) in [5.74, 6) is -0.294. The molecule has 0 spiro atoms. The molecule has 2 N–H and O–H groups in total. The molecule has 0 aliphatic rings. The van der Waals surface area contributed by atoms with Crippen LogP contribution in [-0.2, 0) is 14.8 Å². The molecule has 5 nitrogen and oxygen atoms in total. The molecule has 0 unspecified atom stereocenters. The minimum atomic E-state index is -3.70. The molecule has 0 saturated heterocycles. The van der Waals surface area contributed by atoms with Gasteiger partial charge in [-0.25, -0.2) is 8.42 Å². The second-order valence-electron chi connectivity index (χ2n) is 6.18. The third kappa shape index (κ3) is 5.08. The molecule has 0 radical (unpaired) electrons. The van der Waals surface area contributed by atoms with Gasteiger partial charge in [0, 0.05) is 11.8 Å². The maximum atomic E-state index is 12.5. The smallest absolute Gasteiger partial charge is 0.261 e. The van der Waals surface area contributed by atoms with E-state index >= 15 is 0 Å². The van der Waals surface area contributed by atoms with Crippen molar-refractivity contribution >= 4 is 33.4 Å². The molecule has 3 aromatic carbocycles. The zero-order valence-corrected chi connectivity index (χ0v) is 16.1. The summed E-state index contributed by atoms with van der Waals surface area (Å²) in [7, 11) is -3.70. The quantitative estimate of drug-likeness (QED) is 0.609. The van der Waals surface area contributed by atoms with Gasteiger partial charge in [-0.3, -0.25) is 9.52 Å². The van der Waals surface area contributed by atoms with Gasteiger partial charge < -0.3 is 5.32 Å². The van der Waals surface area contributed by atoms with Crippen LogP contribution in [0.3, 0.4) is 0 Å². The fraction of sp³-hybridized carbons (Fsp3) is 0.0455. The van der Waals surface area contributed by atoms with E-state index in [0.29, 0.717) is 11.4 Å². The van der Waals surface area contributed by atoms with E-state index in [2.05, 4.69) is 10.0 Å². The molecule has 142 valence electrons. The van der Waals surface area contributed by atoms with Crippen LogP contribution in [0.5, 0.6) is 0 Å². The number of carbonyl (C=O) groups excluding carboxylic acids is 1. The van der Waals surface area contributed by atoms with E-state index < -0.39 is 10.0 Å². The first-order valence-corrected chi connectivity index (χ1v) is 10.1. The molecular formula is C22H20N2O3S. The van der Waals surface area contributed by atoms with Crippen molar-refractivity contribution < 1.29 is 13.2 Å². The van der Waals surface area contributed by atoms with Gasteiger partial charge in [0.2, 0.25) is 5.91 Å². The molecule has 0 bridgehead atoms. The van der Waals surface area contributed by atoms with Gasteiger partial charge in [-0.2, -0.15) is 0 Å². The van der Waals surface area contributed by atoms with Gasteiger partial charge in [0.15, 0.2) is 0 Å². The van der Waals surface area contributed by atoms with E-state index in [1.165, 1.54) is 18.2 Å². The summed E-state index contributed by atoms with van der Waals surface area (Å²) < 4.78 is 27.6. The van der Waals surface area contributed by atoms with Crippen molar-refractivity contribution in [2.75, 3.05) is 10.0 Å². The Hall–Kier alpha value is -3.38. The molecule has 3 rings (SSSR count). The zero-order valence-electron chi connectivity index (χ0n) is 15.3. The topological polar surface area (TPSA) is 75.3 Å². The Morgan fingerprint density at radius 1 is 0.857 bits per heavy atom. The van der Waals surface area contributed by atoms with Crippen LogP contribution >= 0.6 is 0 Å². The third-order valence-electron chi connectivity index (χ3n) is 4.05. The van der Waals surface area contributed by atoms with Crippen molar-refractivity contribution in [3.63, 3.8) is 0 Å². The number of hydrogen-bond donors (Lipinski definition) is 2. The van der Waals surface area contributed by atoms with Crippen molar-refractivity contribution in [2.24, 2.45) is 0 Å². The highest BCUT2D eigenvalue weighted by Gasteiger charge is 2.15. The van der Waals surface area contributed by atoms with Crippen LogP contribution in [0.2, 0.25) is 0 Å². The highest BCUT2D eigenvalue weighted by molar-refractivity contribution is 7.92. The van der Waals surface area contributed by atoms with Crippen LogP contribution in [0.25, 0.3) is 6.08 Å². The summed E-state index contributed by atoms with van der Waals surface area (Å²) >= 11 is 0. The van der Waals surface area contributed by atoms with Crippen molar-refractivity contribution in [3.8, 4) is 0 Å². The molecule has 0 aliphatic carbocycles. The normalized spacial score (nSPS) is 11.3. The molecule has 0 heterocycles. The monoisotopic (exact) mass is 392 g/mol. The lowest BCUT2D eigenvalue weighted by atomic mass is 10.2. The van der Waals surface area contributed by atoms with E-state index in [-0.39, 0.29) is 10.8 Å². The molecular weight excluding hydrogens is 372 g/mol. The predicted molar refractivity (Wildman–Crippen MR) is 113 cm³/mol. The summed E-state index contributed by atoms with van der Waals surface area (Å²) in [6.45, 7) is 1.83. The molecule has 0 fully saturated rings. The molecule has 0 atom stereocenters. The molecule has 6 heteroatoms. The van der Waals surface area contributed by atoms with Gasteiger partial charge in [-0.15, -0.1) is 0 Å². The number of nitrogens with one attached hydrogen (secondary N) is 2. The standard InChI is InChI=1S/C22H20N2O3S/c1-17-7-5-6-10-21(17)24-28(26,27)20-14-12-19(13-15-20)23-22(25)16-11-18-8-3-2-4-9-18/h2-16,24H,1H3,(H,23,25)/b16-11-. The second-order valence-corrected chi connectivity index (χ2v) is 7.86. The van der Waals surface area contributed by atoms with Crippen LogP contribution in [0.1, 0.15) is 11.1 Å². The predicted octanol–water partition coefficient (Wildman–Crippen LogP) is 4.45. The second kappa shape index (κ2) is 8.54. The van der Waals surface area contributed by atoms with Gasteiger partial charge >= 0.3 is 0 Å². The lowest BCUT2D eigenvalue weighted by Crippen LogP contribution is -2.14. The minimum Gasteiger partial charge on any atom is -0.323 e. The molecule has 0 saturated carbocycles. The Morgan fingerprint density at radius 3 is 2.18 bits per heavy atom. The number of aryl methyl sites for hydroxylation is 1. The van der Waals surface area contributed by atoms with Crippen molar-refractivity contribution in [1.29, 1.82) is 0 Å². The highest BCUT2D eigenvalue weighted by atomic mass is 32.2. The third-order valence-corrected chi connectivity index (χ3v) is 5.43. The number of para-hydroxylation sites is 1. The maximum Gasteiger partial charge on any atom is 0.261 e. The minimum absolute atomic E-state index is 0.119. The average Bonchev–Trinajstić information content (AvgIpc) is 2.69. The zero-order chi connectivity index (χ0) is 20.0. The Balaban J connectivity index is 1.66. The van der Waals surface area contributed by atoms with E-state index in [1.807, 2.05) is 49.4 Å². The average molecular weight is 392 g/mol. The first-order chi connectivity index (χ1) is 13.4. The van der Waals surface area contributed by atoms with Crippen LogP contribution < -0.4 is 10.0 Å². The van der Waals surface area contributed by atoms with Crippen molar-refractivity contribution in [3.05, 3.63) is 96.1 Å². The van der Waals surface area contributed by atoms with Gasteiger partial charge in [0.05, 0.1) is 10.6 Å². The summed E-state index contributed by atoms with van der Waals surface area (Å²) in [5, 5.41) is 2.71. The molecule has 0 aromatic heterocycles. The first-order valence-electron chi connectivity index (χ1n) is 8.67. The highest BCUT2D eigenvalue weighted by Crippen LogP contribution is 2.20. The van der Waals surface area contributed by atoms with Crippen molar-refractivity contribution in [1.82, 2.24) is 0 Å². The van der Waals surface area contributed by atoms with Gasteiger partial charge in [0.1, 0.15) is 0 Å². The number of anilines is 2. The molecule has 0 aliphatic heterocycles. The van der Waals surface area contributed by atoms with Crippen molar-refractivity contribution in [2.45, 2.75) is 11.8 Å². The number of amides is 1. The van der Waals surface area contributed by atoms with E-state index in [1.54, 1.807) is 30.3 Å². The van der Waals surface area contributed by atoms with Gasteiger partial charge in [-0.05, 0) is 54.5 Å². The van der Waals surface area contributed by atoms with Crippen LogP contribution in [-0.4, -0.2) is 14.3 Å². The largest absolute Gasteiger partial charge is 0.323 e. The number of carbonyl (C=O) groups is 1. The number of benzene rings is 3. The summed E-state index contributed by atoms with van der Waals surface area (Å²) in [6.07, 6.45) is 3.14. The lowest BCUT2D eigenvalue weighted by molar-refractivity contribution is -0.111. The summed E-state index contributed by atoms with van der Waals surface area (Å²) in [4.78, 5) is 12.1. The molecule has 1 amide bonds. The Labute approximate surface area is 164 Å². The van der Waals surface area contributed by atoms with Crippen LogP contribution in [0.15, 0.2) is 89.8 Å². The summed E-state index contributed by atoms with van der Waals surface area (Å²) in [6, 6.07) is 22.7. The molecule has 28 heavy (non-hydrogen) atoms. The maximum absolute atomic E-state index is 12.5. The lowest BCUT2D eigenvalue weighted by Gasteiger charge is -2.11. The van der Waals surface area contributed by atoms with E-state index in [9.17, 15) is 13.2 Å². The summed E-state index contributed by atoms with van der Waals surface area (Å²) in [5.41, 5.74) is 2.80. The van der Waals surface area contributed by atoms with Gasteiger partial charge in [-0.1, -0.05) is 48.5 Å². The Morgan fingerprint density at radius 2 is 1.50 bits per heavy atom.